The monoisotopic (exact) mass is 343 g/mol. The summed E-state index contributed by atoms with van der Waals surface area (Å²) in [4.78, 5) is 3.95. The lowest BCUT2D eigenvalue weighted by molar-refractivity contribution is -0.670. The third kappa shape index (κ3) is 3.28. The first-order valence-electron chi connectivity index (χ1n) is 7.86. The largest absolute Gasteiger partial charge is 0.494 e. The summed E-state index contributed by atoms with van der Waals surface area (Å²) >= 11 is 0. The Balaban J connectivity index is 1.97. The zero-order chi connectivity index (χ0) is 18.0. The lowest BCUT2D eigenvalue weighted by atomic mass is 10.2. The van der Waals surface area contributed by atoms with Gasteiger partial charge in [0.2, 0.25) is 12.6 Å². The molecule has 0 saturated carbocycles. The molecule has 8 heteroatoms. The first kappa shape index (κ1) is 16.8. The first-order chi connectivity index (χ1) is 12.0. The van der Waals surface area contributed by atoms with Crippen molar-refractivity contribution in [3.8, 4) is 17.2 Å². The van der Waals surface area contributed by atoms with Gasteiger partial charge in [-0.2, -0.15) is 4.57 Å². The molecule has 0 radical (unpaired) electrons. The Bertz CT molecular complexity index is 801. The van der Waals surface area contributed by atoms with E-state index in [0.29, 0.717) is 17.2 Å². The normalized spacial score (nSPS) is 14.8. The Morgan fingerprint density at radius 2 is 1.72 bits per heavy atom. The van der Waals surface area contributed by atoms with Gasteiger partial charge < -0.3 is 19.3 Å². The highest BCUT2D eigenvalue weighted by Crippen LogP contribution is 2.37. The maximum absolute atomic E-state index is 5.54. The Hall–Kier alpha value is -3.03. The van der Waals surface area contributed by atoms with Crippen LogP contribution in [0.3, 0.4) is 0 Å². The van der Waals surface area contributed by atoms with Crippen molar-refractivity contribution in [1.29, 1.82) is 0 Å². The van der Waals surface area contributed by atoms with Gasteiger partial charge in [0.25, 0.3) is 0 Å². The average molecular weight is 343 g/mol. The van der Waals surface area contributed by atoms with Crippen LogP contribution >= 0.6 is 0 Å². The fourth-order valence-electron chi connectivity index (χ4n) is 2.67. The minimum Gasteiger partial charge on any atom is -0.494 e. The van der Waals surface area contributed by atoms with Crippen LogP contribution in [0, 0.1) is 0 Å². The van der Waals surface area contributed by atoms with E-state index in [1.54, 1.807) is 14.2 Å². The van der Waals surface area contributed by atoms with Crippen molar-refractivity contribution in [3.05, 3.63) is 43.3 Å². The Morgan fingerprint density at radius 3 is 2.28 bits per heavy atom. The average Bonchev–Trinajstić information content (AvgIpc) is 3.18. The van der Waals surface area contributed by atoms with E-state index in [0.717, 1.165) is 5.69 Å². The van der Waals surface area contributed by atoms with Crippen LogP contribution < -0.4 is 14.0 Å². The predicted molar refractivity (Wildman–Crippen MR) is 93.0 cm³/mol. The second-order valence-electron chi connectivity index (χ2n) is 5.87. The van der Waals surface area contributed by atoms with E-state index in [9.17, 15) is 0 Å². The van der Waals surface area contributed by atoms with Gasteiger partial charge >= 0.3 is 0 Å². The van der Waals surface area contributed by atoms with Crippen LogP contribution in [-0.4, -0.2) is 49.0 Å². The van der Waals surface area contributed by atoms with Crippen LogP contribution in [0.1, 0.15) is 0 Å². The highest BCUT2D eigenvalue weighted by molar-refractivity contribution is 5.63. The zero-order valence-electron chi connectivity index (χ0n) is 15.1. The van der Waals surface area contributed by atoms with Crippen LogP contribution in [0.15, 0.2) is 53.5 Å². The number of aromatic nitrogens is 2. The number of methoxy groups -OCH3 is 2. The maximum atomic E-state index is 5.54. The first-order valence-corrected chi connectivity index (χ1v) is 7.86. The van der Waals surface area contributed by atoms with Crippen LogP contribution in [0.25, 0.3) is 5.69 Å². The van der Waals surface area contributed by atoms with Crippen molar-refractivity contribution >= 4 is 5.69 Å². The molecule has 0 saturated heterocycles. The Kier molecular flexibility index (Phi) is 4.60. The van der Waals surface area contributed by atoms with Crippen LogP contribution in [0.2, 0.25) is 0 Å². The summed E-state index contributed by atoms with van der Waals surface area (Å²) < 4.78 is 15.0. The van der Waals surface area contributed by atoms with Crippen molar-refractivity contribution in [2.45, 2.75) is 6.29 Å². The van der Waals surface area contributed by atoms with Crippen molar-refractivity contribution in [2.75, 3.05) is 28.3 Å². The number of rotatable bonds is 5. The molecule has 0 unspecified atom stereocenters. The molecule has 1 aliphatic heterocycles. The van der Waals surface area contributed by atoms with Gasteiger partial charge in [-0.05, 0) is 0 Å². The molecule has 3 rings (SSSR count). The van der Waals surface area contributed by atoms with E-state index in [4.69, 9.17) is 9.47 Å². The third-order valence-corrected chi connectivity index (χ3v) is 4.06. The van der Waals surface area contributed by atoms with Gasteiger partial charge in [-0.25, -0.2) is 4.57 Å². The Morgan fingerprint density at radius 1 is 1.04 bits per heavy atom. The smallest absolute Gasteiger partial charge is 0.248 e. The summed E-state index contributed by atoms with van der Waals surface area (Å²) in [6.07, 6.45) is 9.60. The number of nitrogens with zero attached hydrogens (tertiary/aromatic N) is 6. The molecule has 0 atom stereocenters. The van der Waals surface area contributed by atoms with Gasteiger partial charge in [-0.15, -0.1) is 10.2 Å². The molecule has 2 aromatic rings. The predicted octanol–water partition coefficient (Wildman–Crippen LogP) is 2.03. The Labute approximate surface area is 147 Å². The molecule has 1 aliphatic rings. The second-order valence-corrected chi connectivity index (χ2v) is 5.87. The number of hydrogen-bond donors (Lipinski definition) is 0. The van der Waals surface area contributed by atoms with Crippen molar-refractivity contribution < 1.29 is 14.0 Å². The summed E-state index contributed by atoms with van der Waals surface area (Å²) in [6, 6.07) is 3.73. The molecule has 25 heavy (non-hydrogen) atoms. The summed E-state index contributed by atoms with van der Waals surface area (Å²) in [5.41, 5.74) is 1.49. The van der Waals surface area contributed by atoms with Gasteiger partial charge in [0, 0.05) is 38.6 Å². The summed E-state index contributed by atoms with van der Waals surface area (Å²) in [6.45, 7) is 0. The van der Waals surface area contributed by atoms with E-state index in [-0.39, 0.29) is 6.29 Å². The SMILES string of the molecule is COc1cc(-n2cc[n+](C)c2)c(OC)cc1N=NC1N(C)C=CN1C. The van der Waals surface area contributed by atoms with Crippen LogP contribution in [0.4, 0.5) is 5.69 Å². The molecule has 0 bridgehead atoms. The molecule has 2 heterocycles. The summed E-state index contributed by atoms with van der Waals surface area (Å²) in [7, 11) is 9.13. The summed E-state index contributed by atoms with van der Waals surface area (Å²) in [5.74, 6) is 1.32. The molecule has 0 aliphatic carbocycles. The van der Waals surface area contributed by atoms with E-state index >= 15 is 0 Å². The van der Waals surface area contributed by atoms with Crippen LogP contribution in [0.5, 0.6) is 11.5 Å². The number of ether oxygens (including phenoxy) is 2. The molecule has 0 amide bonds. The number of imidazole rings is 1. The summed E-state index contributed by atoms with van der Waals surface area (Å²) in [5, 5.41) is 8.80. The quantitative estimate of drug-likeness (QED) is 0.616. The molecule has 0 spiro atoms. The fraction of sp³-hybridized carbons (Fsp3) is 0.353. The molecule has 0 N–H and O–H groups in total. The van der Waals surface area contributed by atoms with Gasteiger partial charge in [-0.1, -0.05) is 0 Å². The molecule has 132 valence electrons. The lowest BCUT2D eigenvalue weighted by Gasteiger charge is -2.21. The van der Waals surface area contributed by atoms with E-state index in [1.165, 1.54) is 0 Å². The van der Waals surface area contributed by atoms with E-state index in [1.807, 2.05) is 83.3 Å². The topological polar surface area (TPSA) is 58.5 Å². The number of hydrogen-bond acceptors (Lipinski definition) is 6. The molecule has 8 nitrogen and oxygen atoms in total. The third-order valence-electron chi connectivity index (χ3n) is 4.06. The van der Waals surface area contributed by atoms with E-state index in [2.05, 4.69) is 10.2 Å². The highest BCUT2D eigenvalue weighted by atomic mass is 16.5. The molecule has 0 fully saturated rings. The van der Waals surface area contributed by atoms with Crippen LogP contribution in [-0.2, 0) is 7.05 Å². The van der Waals surface area contributed by atoms with Gasteiger partial charge in [0.05, 0.1) is 21.3 Å². The number of benzene rings is 1. The van der Waals surface area contributed by atoms with Crippen molar-refractivity contribution in [2.24, 2.45) is 17.3 Å². The maximum Gasteiger partial charge on any atom is 0.248 e. The highest BCUT2D eigenvalue weighted by Gasteiger charge is 2.21. The molecule has 1 aromatic heterocycles. The molecular weight excluding hydrogens is 320 g/mol. The molecule has 1 aromatic carbocycles. The lowest BCUT2D eigenvalue weighted by Crippen LogP contribution is -2.31. The van der Waals surface area contributed by atoms with Crippen molar-refractivity contribution in [1.82, 2.24) is 14.4 Å². The van der Waals surface area contributed by atoms with E-state index < -0.39 is 0 Å². The minimum atomic E-state index is -0.168. The standard InChI is InChI=1S/C17H23N6O2/c1-20-6-9-23(12-20)14-11-15(24-4)13(10-16(14)25-5)18-19-17-21(2)7-8-22(17)3/h6-12,17H,1-5H3/q+1. The number of aryl methyl sites for hydroxylation is 1. The molecular formula is C17H23N6O2+. The van der Waals surface area contributed by atoms with Gasteiger partial charge in [0.15, 0.2) is 17.2 Å². The van der Waals surface area contributed by atoms with Crippen molar-refractivity contribution in [3.63, 3.8) is 0 Å². The fourth-order valence-corrected chi connectivity index (χ4v) is 2.67. The second kappa shape index (κ2) is 6.84. The van der Waals surface area contributed by atoms with Gasteiger partial charge in [-0.3, -0.25) is 0 Å². The number of azo groups is 1. The van der Waals surface area contributed by atoms with Gasteiger partial charge in [0.1, 0.15) is 18.1 Å². The minimum absolute atomic E-state index is 0.168. The zero-order valence-corrected chi connectivity index (χ0v) is 15.1.